The lowest BCUT2D eigenvalue weighted by molar-refractivity contribution is -0.157. The molecule has 6 nitrogen and oxygen atoms in total. The predicted molar refractivity (Wildman–Crippen MR) is 52.8 cm³/mol. The highest BCUT2D eigenvalue weighted by Crippen LogP contribution is 2.21. The van der Waals surface area contributed by atoms with Gasteiger partial charge in [-0.25, -0.2) is 13.2 Å². The van der Waals surface area contributed by atoms with E-state index < -0.39 is 28.1 Å². The van der Waals surface area contributed by atoms with Crippen LogP contribution in [0.15, 0.2) is 0 Å². The number of aliphatic carboxylic acids is 1. The smallest absolute Gasteiger partial charge is 0.336 e. The van der Waals surface area contributed by atoms with E-state index in [1.807, 2.05) is 0 Å². The molecule has 1 saturated heterocycles. The number of carbonyl (C=O) groups is 1. The molecule has 2 unspecified atom stereocenters. The normalized spacial score (nSPS) is 29.9. The first-order chi connectivity index (χ1) is 6.65. The number of hydrogen-bond acceptors (Lipinski definition) is 4. The van der Waals surface area contributed by atoms with E-state index >= 15 is 0 Å². The number of aliphatic hydroxyl groups is 1. The van der Waals surface area contributed by atoms with Gasteiger partial charge in [0.25, 0.3) is 0 Å². The summed E-state index contributed by atoms with van der Waals surface area (Å²) in [5, 5.41) is 18.1. The van der Waals surface area contributed by atoms with Gasteiger partial charge < -0.3 is 10.2 Å². The summed E-state index contributed by atoms with van der Waals surface area (Å²) < 4.78 is 24.0. The minimum Gasteiger partial charge on any atom is -0.479 e. The van der Waals surface area contributed by atoms with Crippen LogP contribution in [0.3, 0.4) is 0 Å². The summed E-state index contributed by atoms with van der Waals surface area (Å²) in [6, 6.07) is 0. The molecule has 0 saturated carbocycles. The van der Waals surface area contributed by atoms with Crippen LogP contribution < -0.4 is 0 Å². The molecule has 1 rings (SSSR count). The van der Waals surface area contributed by atoms with Crippen LogP contribution in [0.4, 0.5) is 0 Å². The van der Waals surface area contributed by atoms with Gasteiger partial charge in [-0.3, -0.25) is 0 Å². The van der Waals surface area contributed by atoms with Gasteiger partial charge in [-0.1, -0.05) is 6.92 Å². The molecule has 0 aromatic heterocycles. The Morgan fingerprint density at radius 3 is 2.47 bits per heavy atom. The molecule has 0 bridgehead atoms. The Bertz CT molecular complexity index is 361. The Labute approximate surface area is 88.6 Å². The summed E-state index contributed by atoms with van der Waals surface area (Å²) in [6.07, 6.45) is 0. The number of rotatable bonds is 3. The molecule has 7 heteroatoms. The fraction of sp³-hybridized carbons (Fsp3) is 0.875. The van der Waals surface area contributed by atoms with Gasteiger partial charge in [0, 0.05) is 6.54 Å². The molecule has 88 valence electrons. The summed E-state index contributed by atoms with van der Waals surface area (Å²) >= 11 is 0. The van der Waals surface area contributed by atoms with Crippen LogP contribution in [0.2, 0.25) is 0 Å². The maximum Gasteiger partial charge on any atom is 0.336 e. The van der Waals surface area contributed by atoms with Gasteiger partial charge in [-0.2, -0.15) is 4.31 Å². The van der Waals surface area contributed by atoms with E-state index in [0.29, 0.717) is 0 Å². The van der Waals surface area contributed by atoms with Gasteiger partial charge >= 0.3 is 5.97 Å². The minimum absolute atomic E-state index is 0.0166. The Hall–Kier alpha value is -0.660. The summed E-state index contributed by atoms with van der Waals surface area (Å²) in [4.78, 5) is 10.6. The molecule has 0 radical (unpaired) electrons. The highest BCUT2D eigenvalue weighted by molar-refractivity contribution is 7.89. The van der Waals surface area contributed by atoms with Crippen LogP contribution in [-0.2, 0) is 14.8 Å². The van der Waals surface area contributed by atoms with Crippen molar-refractivity contribution in [1.82, 2.24) is 4.31 Å². The standard InChI is InChI=1S/C8H15NO5S/c1-6-3-9(15(13,14)4-6)5-8(2,12)7(10)11/h6,12H,3-5H2,1-2H3,(H,10,11). The zero-order chi connectivity index (χ0) is 11.9. The van der Waals surface area contributed by atoms with Crippen molar-refractivity contribution in [2.75, 3.05) is 18.8 Å². The molecule has 1 heterocycles. The largest absolute Gasteiger partial charge is 0.479 e. The predicted octanol–water partition coefficient (Wildman–Crippen LogP) is -0.896. The maximum absolute atomic E-state index is 11.5. The quantitative estimate of drug-likeness (QED) is 0.663. The Balaban J connectivity index is 2.80. The van der Waals surface area contributed by atoms with Gasteiger partial charge in [0.1, 0.15) is 0 Å². The second-order valence-electron chi connectivity index (χ2n) is 4.26. The van der Waals surface area contributed by atoms with Crippen LogP contribution in [-0.4, -0.2) is 53.3 Å². The highest BCUT2D eigenvalue weighted by Gasteiger charge is 2.41. The summed E-state index contributed by atoms with van der Waals surface area (Å²) in [7, 11) is -3.39. The van der Waals surface area contributed by atoms with Crippen molar-refractivity contribution in [3.05, 3.63) is 0 Å². The fourth-order valence-corrected chi connectivity index (χ4v) is 3.52. The van der Waals surface area contributed by atoms with Crippen molar-refractivity contribution in [3.63, 3.8) is 0 Å². The molecular weight excluding hydrogens is 222 g/mol. The average Bonchev–Trinajstić information content (AvgIpc) is 2.23. The molecule has 0 spiro atoms. The molecule has 0 aromatic carbocycles. The average molecular weight is 237 g/mol. The molecule has 1 aliphatic rings. The lowest BCUT2D eigenvalue weighted by Crippen LogP contribution is -2.47. The lowest BCUT2D eigenvalue weighted by Gasteiger charge is -2.23. The van der Waals surface area contributed by atoms with E-state index in [1.165, 1.54) is 0 Å². The first-order valence-electron chi connectivity index (χ1n) is 4.59. The monoisotopic (exact) mass is 237 g/mol. The van der Waals surface area contributed by atoms with Crippen molar-refractivity contribution in [3.8, 4) is 0 Å². The molecule has 2 N–H and O–H groups in total. The van der Waals surface area contributed by atoms with Crippen molar-refractivity contribution in [1.29, 1.82) is 0 Å². The molecule has 1 fully saturated rings. The molecule has 0 amide bonds. The van der Waals surface area contributed by atoms with Crippen molar-refractivity contribution < 1.29 is 23.4 Å². The number of carboxylic acid groups (broad SMARTS) is 1. The Kier molecular flexibility index (Phi) is 3.09. The summed E-state index contributed by atoms with van der Waals surface area (Å²) in [5.74, 6) is -1.43. The second-order valence-corrected chi connectivity index (χ2v) is 6.27. The van der Waals surface area contributed by atoms with Crippen LogP contribution in [0.5, 0.6) is 0 Å². The molecule has 1 aliphatic heterocycles. The molecule has 2 atom stereocenters. The number of sulfonamides is 1. The van der Waals surface area contributed by atoms with E-state index in [9.17, 15) is 18.3 Å². The summed E-state index contributed by atoms with van der Waals surface area (Å²) in [6.45, 7) is 2.74. The lowest BCUT2D eigenvalue weighted by atomic mass is 10.1. The number of hydrogen-bond donors (Lipinski definition) is 2. The molecule has 15 heavy (non-hydrogen) atoms. The Morgan fingerprint density at radius 2 is 2.13 bits per heavy atom. The highest BCUT2D eigenvalue weighted by atomic mass is 32.2. The van der Waals surface area contributed by atoms with E-state index in [-0.39, 0.29) is 18.2 Å². The van der Waals surface area contributed by atoms with E-state index in [0.717, 1.165) is 11.2 Å². The number of carboxylic acids is 1. The fourth-order valence-electron chi connectivity index (χ4n) is 1.55. The first-order valence-corrected chi connectivity index (χ1v) is 6.19. The second kappa shape index (κ2) is 3.73. The minimum atomic E-state index is -3.39. The van der Waals surface area contributed by atoms with Crippen molar-refractivity contribution in [2.45, 2.75) is 19.4 Å². The van der Waals surface area contributed by atoms with Gasteiger partial charge in [0.05, 0.1) is 12.3 Å². The third-order valence-corrected chi connectivity index (χ3v) is 4.40. The Morgan fingerprint density at radius 1 is 1.60 bits per heavy atom. The van der Waals surface area contributed by atoms with E-state index in [4.69, 9.17) is 5.11 Å². The molecular formula is C8H15NO5S. The third kappa shape index (κ3) is 2.67. The topological polar surface area (TPSA) is 94.9 Å². The van der Waals surface area contributed by atoms with Crippen LogP contribution >= 0.6 is 0 Å². The van der Waals surface area contributed by atoms with Gasteiger partial charge in [-0.15, -0.1) is 0 Å². The van der Waals surface area contributed by atoms with Crippen LogP contribution in [0.1, 0.15) is 13.8 Å². The zero-order valence-electron chi connectivity index (χ0n) is 8.67. The summed E-state index contributed by atoms with van der Waals surface area (Å²) in [5.41, 5.74) is -2.03. The van der Waals surface area contributed by atoms with Crippen LogP contribution in [0.25, 0.3) is 0 Å². The SMILES string of the molecule is CC1CN(CC(C)(O)C(=O)O)S(=O)(=O)C1. The third-order valence-electron chi connectivity index (χ3n) is 2.35. The van der Waals surface area contributed by atoms with Gasteiger partial charge in [0.2, 0.25) is 10.0 Å². The molecule has 0 aromatic rings. The van der Waals surface area contributed by atoms with E-state index in [2.05, 4.69) is 0 Å². The van der Waals surface area contributed by atoms with E-state index in [1.54, 1.807) is 6.92 Å². The van der Waals surface area contributed by atoms with Crippen molar-refractivity contribution >= 4 is 16.0 Å². The zero-order valence-corrected chi connectivity index (χ0v) is 9.49. The van der Waals surface area contributed by atoms with Crippen molar-refractivity contribution in [2.24, 2.45) is 5.92 Å². The maximum atomic E-state index is 11.5. The molecule has 0 aliphatic carbocycles. The number of nitrogens with zero attached hydrogens (tertiary/aromatic N) is 1. The number of β-amino-alcohol motifs (C(OH)–C–C–N with tert-alkyl or cyclic N) is 1. The van der Waals surface area contributed by atoms with Gasteiger partial charge in [-0.05, 0) is 12.8 Å². The van der Waals surface area contributed by atoms with Crippen LogP contribution in [0, 0.1) is 5.92 Å². The van der Waals surface area contributed by atoms with Gasteiger partial charge in [0.15, 0.2) is 5.60 Å². The first kappa shape index (κ1) is 12.4.